The van der Waals surface area contributed by atoms with Crippen molar-refractivity contribution in [2.45, 2.75) is 26.7 Å². The Morgan fingerprint density at radius 1 is 1.04 bits per heavy atom. The molecule has 0 radical (unpaired) electrons. The number of benzene rings is 2. The topological polar surface area (TPSA) is 46.0 Å². The number of hydrogen-bond donors (Lipinski definition) is 2. The van der Waals surface area contributed by atoms with E-state index in [1.165, 1.54) is 25.3 Å². The van der Waals surface area contributed by atoms with E-state index >= 15 is 0 Å². The summed E-state index contributed by atoms with van der Waals surface area (Å²) in [5.41, 5.74) is 2.67. The van der Waals surface area contributed by atoms with Crippen LogP contribution in [-0.2, 0) is 0 Å². The third kappa shape index (κ3) is 5.49. The lowest BCUT2D eigenvalue weighted by molar-refractivity contribution is -0.898. The Morgan fingerprint density at radius 2 is 1.71 bits per heavy atom. The van der Waals surface area contributed by atoms with Crippen LogP contribution in [0.3, 0.4) is 0 Å². The minimum atomic E-state index is -0.104. The summed E-state index contributed by atoms with van der Waals surface area (Å²) in [7, 11) is 0. The fraction of sp³-hybridized carbons (Fsp3) is 0.435. The number of amides is 1. The number of carbonyl (C=O) groups excluding carboxylic acids is 1. The fourth-order valence-electron chi connectivity index (χ4n) is 3.43. The van der Waals surface area contributed by atoms with Gasteiger partial charge in [0.25, 0.3) is 5.91 Å². The molecule has 0 unspecified atom stereocenters. The zero-order valence-electron chi connectivity index (χ0n) is 17.0. The zero-order chi connectivity index (χ0) is 19.8. The maximum absolute atomic E-state index is 12.5. The Morgan fingerprint density at radius 3 is 2.32 bits per heavy atom. The summed E-state index contributed by atoms with van der Waals surface area (Å²) in [5.74, 6) is 0.701. The number of ether oxygens (including phenoxy) is 1. The summed E-state index contributed by atoms with van der Waals surface area (Å²) in [4.78, 5) is 16.6. The van der Waals surface area contributed by atoms with Crippen molar-refractivity contribution in [3.63, 3.8) is 0 Å². The number of anilines is 2. The second kappa shape index (κ2) is 10.1. The van der Waals surface area contributed by atoms with E-state index in [2.05, 4.69) is 36.2 Å². The van der Waals surface area contributed by atoms with Gasteiger partial charge in [-0.15, -0.1) is 0 Å². The predicted molar refractivity (Wildman–Crippen MR) is 115 cm³/mol. The molecule has 0 aromatic heterocycles. The summed E-state index contributed by atoms with van der Waals surface area (Å²) in [6.45, 7) is 10.8. The quantitative estimate of drug-likeness (QED) is 0.690. The predicted octanol–water partition coefficient (Wildman–Crippen LogP) is 2.84. The molecular weight excluding hydrogens is 350 g/mol. The van der Waals surface area contributed by atoms with Crippen LogP contribution in [0, 0.1) is 0 Å². The molecule has 1 aliphatic heterocycles. The number of hydrogen-bond acceptors (Lipinski definition) is 3. The molecule has 2 aromatic rings. The van der Waals surface area contributed by atoms with E-state index in [9.17, 15) is 4.79 Å². The molecule has 0 bridgehead atoms. The first-order valence-electron chi connectivity index (χ1n) is 10.4. The Balaban J connectivity index is 1.53. The van der Waals surface area contributed by atoms with Gasteiger partial charge in [0.05, 0.1) is 39.3 Å². The van der Waals surface area contributed by atoms with E-state index in [0.29, 0.717) is 12.2 Å². The molecule has 0 atom stereocenters. The van der Waals surface area contributed by atoms with Gasteiger partial charge in [0, 0.05) is 16.9 Å². The number of likely N-dealkylation sites (N-methyl/N-ethyl adjacent to an activating group) is 1. The number of unbranched alkanes of at least 4 members (excludes halogenated alkanes) is 1. The second-order valence-electron chi connectivity index (χ2n) is 7.32. The van der Waals surface area contributed by atoms with Gasteiger partial charge in [-0.3, -0.25) is 4.79 Å². The highest BCUT2D eigenvalue weighted by molar-refractivity contribution is 6.04. The van der Waals surface area contributed by atoms with Gasteiger partial charge in [-0.05, 0) is 61.9 Å². The number of quaternary nitrogens is 1. The molecule has 1 saturated heterocycles. The minimum absolute atomic E-state index is 0.104. The number of piperazine rings is 1. The van der Waals surface area contributed by atoms with E-state index in [1.54, 1.807) is 17.0 Å². The fourth-order valence-corrected chi connectivity index (χ4v) is 3.43. The summed E-state index contributed by atoms with van der Waals surface area (Å²) >= 11 is 0. The summed E-state index contributed by atoms with van der Waals surface area (Å²) in [6.07, 6.45) is 2.14. The van der Waals surface area contributed by atoms with Crippen LogP contribution >= 0.6 is 0 Å². The van der Waals surface area contributed by atoms with Crippen molar-refractivity contribution < 1.29 is 14.4 Å². The van der Waals surface area contributed by atoms with E-state index in [4.69, 9.17) is 4.74 Å². The number of nitrogens with one attached hydrogen (secondary N) is 2. The number of rotatable bonds is 8. The maximum Gasteiger partial charge on any atom is 0.255 e. The van der Waals surface area contributed by atoms with Crippen LogP contribution in [0.25, 0.3) is 0 Å². The van der Waals surface area contributed by atoms with Gasteiger partial charge in [0.15, 0.2) is 0 Å². The second-order valence-corrected chi connectivity index (χ2v) is 7.32. The SMILES string of the molecule is CCCCOc1ccc(C(=O)Nc2ccc(N3CC[NH+](CC)CC3)cc2)cc1. The van der Waals surface area contributed by atoms with Gasteiger partial charge in [-0.1, -0.05) is 13.3 Å². The van der Waals surface area contributed by atoms with Crippen LogP contribution in [0.1, 0.15) is 37.0 Å². The van der Waals surface area contributed by atoms with Gasteiger partial charge in [-0.2, -0.15) is 0 Å². The highest BCUT2D eigenvalue weighted by atomic mass is 16.5. The van der Waals surface area contributed by atoms with Crippen molar-refractivity contribution in [2.75, 3.05) is 49.5 Å². The molecule has 3 rings (SSSR count). The number of carbonyl (C=O) groups is 1. The maximum atomic E-state index is 12.5. The van der Waals surface area contributed by atoms with E-state index in [1.807, 2.05) is 24.3 Å². The third-order valence-electron chi connectivity index (χ3n) is 5.34. The summed E-state index contributed by atoms with van der Waals surface area (Å²) < 4.78 is 5.65. The van der Waals surface area contributed by atoms with E-state index in [-0.39, 0.29) is 5.91 Å². The van der Waals surface area contributed by atoms with E-state index in [0.717, 1.165) is 37.4 Å². The lowest BCUT2D eigenvalue weighted by Gasteiger charge is -2.33. The molecule has 0 saturated carbocycles. The smallest absolute Gasteiger partial charge is 0.255 e. The third-order valence-corrected chi connectivity index (χ3v) is 5.34. The Kier molecular flexibility index (Phi) is 7.31. The van der Waals surface area contributed by atoms with Crippen molar-refractivity contribution in [1.82, 2.24) is 0 Å². The molecule has 2 N–H and O–H groups in total. The Hall–Kier alpha value is -2.53. The van der Waals surface area contributed by atoms with Crippen molar-refractivity contribution in [2.24, 2.45) is 0 Å². The van der Waals surface area contributed by atoms with Crippen molar-refractivity contribution >= 4 is 17.3 Å². The monoisotopic (exact) mass is 382 g/mol. The molecule has 0 spiro atoms. The summed E-state index contributed by atoms with van der Waals surface area (Å²) in [6, 6.07) is 15.5. The molecule has 1 heterocycles. The first kappa shape index (κ1) is 20.2. The van der Waals surface area contributed by atoms with Crippen LogP contribution < -0.4 is 19.9 Å². The molecule has 1 aliphatic rings. The highest BCUT2D eigenvalue weighted by Crippen LogP contribution is 2.19. The lowest BCUT2D eigenvalue weighted by atomic mass is 10.2. The van der Waals surface area contributed by atoms with Crippen molar-refractivity contribution in [3.8, 4) is 5.75 Å². The number of nitrogens with zero attached hydrogens (tertiary/aromatic N) is 1. The first-order chi connectivity index (χ1) is 13.7. The van der Waals surface area contributed by atoms with Gasteiger partial charge in [0.1, 0.15) is 5.75 Å². The molecule has 1 amide bonds. The van der Waals surface area contributed by atoms with Crippen LogP contribution in [0.2, 0.25) is 0 Å². The lowest BCUT2D eigenvalue weighted by Crippen LogP contribution is -3.14. The van der Waals surface area contributed by atoms with Crippen LogP contribution in [0.15, 0.2) is 48.5 Å². The average Bonchev–Trinajstić information content (AvgIpc) is 2.75. The normalized spacial score (nSPS) is 14.7. The molecule has 28 heavy (non-hydrogen) atoms. The Labute approximate surface area is 168 Å². The van der Waals surface area contributed by atoms with Crippen LogP contribution in [0.4, 0.5) is 11.4 Å². The molecule has 5 nitrogen and oxygen atoms in total. The molecule has 0 aliphatic carbocycles. The Bertz CT molecular complexity index is 735. The molecular formula is C23H32N3O2+. The standard InChI is InChI=1S/C23H31N3O2/c1-3-5-18-28-22-12-6-19(7-13-22)23(27)24-20-8-10-21(11-9-20)26-16-14-25(4-2)15-17-26/h6-13H,3-5,14-18H2,1-2H3,(H,24,27)/p+1. The van der Waals surface area contributed by atoms with Gasteiger partial charge < -0.3 is 19.9 Å². The van der Waals surface area contributed by atoms with Crippen LogP contribution in [0.5, 0.6) is 5.75 Å². The zero-order valence-corrected chi connectivity index (χ0v) is 17.0. The van der Waals surface area contributed by atoms with Gasteiger partial charge >= 0.3 is 0 Å². The molecule has 1 fully saturated rings. The summed E-state index contributed by atoms with van der Waals surface area (Å²) in [5, 5.41) is 2.97. The first-order valence-corrected chi connectivity index (χ1v) is 10.4. The van der Waals surface area contributed by atoms with Gasteiger partial charge in [-0.25, -0.2) is 0 Å². The van der Waals surface area contributed by atoms with Crippen molar-refractivity contribution in [3.05, 3.63) is 54.1 Å². The largest absolute Gasteiger partial charge is 0.494 e. The average molecular weight is 383 g/mol. The van der Waals surface area contributed by atoms with Crippen LogP contribution in [-0.4, -0.2) is 45.2 Å². The molecule has 150 valence electrons. The van der Waals surface area contributed by atoms with Gasteiger partial charge in [0.2, 0.25) is 0 Å². The molecule has 5 heteroatoms. The highest BCUT2D eigenvalue weighted by Gasteiger charge is 2.18. The van der Waals surface area contributed by atoms with Crippen molar-refractivity contribution in [1.29, 1.82) is 0 Å². The molecule has 2 aromatic carbocycles. The van der Waals surface area contributed by atoms with E-state index < -0.39 is 0 Å². The minimum Gasteiger partial charge on any atom is -0.494 e.